The monoisotopic (exact) mass is 682 g/mol. The third kappa shape index (κ3) is 5.68. The van der Waals surface area contributed by atoms with Gasteiger partial charge in [0.1, 0.15) is 0 Å². The minimum Gasteiger partial charge on any atom is -0.316 e. The molecule has 1 heterocycles. The predicted molar refractivity (Wildman–Crippen MR) is 226 cm³/mol. The van der Waals surface area contributed by atoms with Gasteiger partial charge in [0, 0.05) is 50.5 Å². The summed E-state index contributed by atoms with van der Waals surface area (Å²) in [6.45, 7) is 8.50. The highest BCUT2D eigenvalue weighted by Gasteiger charge is 2.35. The fourth-order valence-corrected chi connectivity index (χ4v) is 8.45. The van der Waals surface area contributed by atoms with Crippen LogP contribution in [0.3, 0.4) is 0 Å². The van der Waals surface area contributed by atoms with Gasteiger partial charge in [-0.2, -0.15) is 0 Å². The van der Waals surface area contributed by atoms with E-state index in [1.807, 2.05) is 12.2 Å². The van der Waals surface area contributed by atoms with Crippen LogP contribution in [0.2, 0.25) is 0 Å². The fraction of sp³-hybridized carbons (Fsp3) is 0.0980. The van der Waals surface area contributed by atoms with Gasteiger partial charge in [-0.1, -0.05) is 154 Å². The molecule has 0 saturated carbocycles. The lowest BCUT2D eigenvalue weighted by atomic mass is 9.82. The summed E-state index contributed by atoms with van der Waals surface area (Å²) in [7, 11) is 0. The van der Waals surface area contributed by atoms with Crippen molar-refractivity contribution in [1.29, 1.82) is 0 Å². The fourth-order valence-electron chi connectivity index (χ4n) is 8.45. The van der Waals surface area contributed by atoms with E-state index >= 15 is 0 Å². The molecule has 0 N–H and O–H groups in total. The number of allylic oxidation sites excluding steroid dienone is 4. The Hall–Kier alpha value is -6.38. The molecule has 6 aromatic carbocycles. The van der Waals surface area contributed by atoms with Crippen LogP contribution in [0.1, 0.15) is 42.9 Å². The summed E-state index contributed by atoms with van der Waals surface area (Å²) in [4.78, 5) is 2.41. The van der Waals surface area contributed by atoms with Crippen LogP contribution in [0, 0.1) is 0 Å². The van der Waals surface area contributed by atoms with Crippen molar-refractivity contribution >= 4 is 46.3 Å². The van der Waals surface area contributed by atoms with Gasteiger partial charge in [0.25, 0.3) is 0 Å². The number of aromatic nitrogens is 1. The van der Waals surface area contributed by atoms with Gasteiger partial charge in [-0.15, -0.1) is 0 Å². The summed E-state index contributed by atoms with van der Waals surface area (Å²) >= 11 is 0. The minimum absolute atomic E-state index is 0.0813. The number of nitrogens with zero attached hydrogens (tertiary/aromatic N) is 2. The van der Waals surface area contributed by atoms with Crippen LogP contribution in [0.25, 0.3) is 51.5 Å². The van der Waals surface area contributed by atoms with Crippen molar-refractivity contribution in [2.24, 2.45) is 0 Å². The Bertz CT molecular complexity index is 2670. The van der Waals surface area contributed by atoms with E-state index in [2.05, 4.69) is 200 Å². The first-order chi connectivity index (χ1) is 26.0. The molecule has 2 nitrogen and oxygen atoms in total. The topological polar surface area (TPSA) is 8.17 Å². The van der Waals surface area contributed by atoms with Crippen molar-refractivity contribution in [1.82, 2.24) is 4.57 Å². The van der Waals surface area contributed by atoms with Crippen molar-refractivity contribution in [3.8, 4) is 22.3 Å². The Labute approximate surface area is 312 Å². The normalized spacial score (nSPS) is 15.5. The lowest BCUT2D eigenvalue weighted by Gasteiger charge is -2.28. The number of rotatable bonds is 8. The Morgan fingerprint density at radius 2 is 1.30 bits per heavy atom. The van der Waals surface area contributed by atoms with Crippen LogP contribution >= 0.6 is 0 Å². The molecule has 1 unspecified atom stereocenters. The van der Waals surface area contributed by atoms with E-state index in [-0.39, 0.29) is 5.41 Å². The molecule has 0 fully saturated rings. The number of anilines is 3. The van der Waals surface area contributed by atoms with Gasteiger partial charge >= 0.3 is 0 Å². The largest absolute Gasteiger partial charge is 0.316 e. The smallest absolute Gasteiger partial charge is 0.0534 e. The molecule has 0 aliphatic heterocycles. The Morgan fingerprint density at radius 1 is 0.642 bits per heavy atom. The summed E-state index contributed by atoms with van der Waals surface area (Å²) in [6.07, 6.45) is 15.8. The maximum absolute atomic E-state index is 3.80. The molecular formula is C51H42N2. The molecule has 9 rings (SSSR count). The zero-order chi connectivity index (χ0) is 35.9. The predicted octanol–water partition coefficient (Wildman–Crippen LogP) is 12.0. The summed E-state index contributed by atoms with van der Waals surface area (Å²) < 4.78 is 2.31. The Morgan fingerprint density at radius 3 is 2.09 bits per heavy atom. The molecule has 2 aliphatic carbocycles. The number of hydrogen-bond acceptors (Lipinski definition) is 1. The molecule has 0 spiro atoms. The Kier molecular flexibility index (Phi) is 8.16. The van der Waals surface area contributed by atoms with Crippen LogP contribution in [0.5, 0.6) is 0 Å². The van der Waals surface area contributed by atoms with Crippen LogP contribution < -0.4 is 15.5 Å². The number of benzene rings is 6. The average molecular weight is 683 g/mol. The van der Waals surface area contributed by atoms with E-state index < -0.39 is 0 Å². The quantitative estimate of drug-likeness (QED) is 0.145. The van der Waals surface area contributed by atoms with Crippen LogP contribution in [-0.4, -0.2) is 4.57 Å². The summed E-state index contributed by atoms with van der Waals surface area (Å²) in [6, 6.07) is 53.5. The van der Waals surface area contributed by atoms with E-state index in [0.29, 0.717) is 5.92 Å². The van der Waals surface area contributed by atoms with E-state index in [0.717, 1.165) is 23.5 Å². The van der Waals surface area contributed by atoms with Crippen LogP contribution in [-0.2, 0) is 5.41 Å². The molecule has 0 saturated heterocycles. The molecule has 0 amide bonds. The highest BCUT2D eigenvalue weighted by atomic mass is 15.1. The molecule has 53 heavy (non-hydrogen) atoms. The SMILES string of the molecule is C=C/C=C\C=C/n1c2c(c3ccccc31)=CC(c1ccc(N(c3ccc(-c4ccccc4)cc3)c3ccc4c(c3)C(C)(C)c3ccccc3-4)cc1)CC=2. The first kappa shape index (κ1) is 32.5. The second kappa shape index (κ2) is 13.3. The van der Waals surface area contributed by atoms with Crippen LogP contribution in [0.15, 0.2) is 176 Å². The highest BCUT2D eigenvalue weighted by Crippen LogP contribution is 2.50. The number of hydrogen-bond donors (Lipinski definition) is 0. The van der Waals surface area contributed by atoms with E-state index in [1.165, 1.54) is 60.4 Å². The minimum atomic E-state index is -0.0813. The maximum Gasteiger partial charge on any atom is 0.0534 e. The number of para-hydroxylation sites is 1. The summed E-state index contributed by atoms with van der Waals surface area (Å²) in [5.74, 6) is 0.290. The van der Waals surface area contributed by atoms with Gasteiger partial charge in [0.05, 0.1) is 5.52 Å². The molecule has 256 valence electrons. The molecule has 1 atom stereocenters. The molecule has 1 aromatic heterocycles. The van der Waals surface area contributed by atoms with Gasteiger partial charge in [-0.05, 0) is 93.9 Å². The maximum atomic E-state index is 3.80. The molecule has 2 aliphatic rings. The van der Waals surface area contributed by atoms with E-state index in [4.69, 9.17) is 0 Å². The van der Waals surface area contributed by atoms with Crippen molar-refractivity contribution in [2.45, 2.75) is 31.6 Å². The first-order valence-corrected chi connectivity index (χ1v) is 18.6. The van der Waals surface area contributed by atoms with Crippen LogP contribution in [0.4, 0.5) is 17.1 Å². The second-order valence-corrected chi connectivity index (χ2v) is 14.6. The second-order valence-electron chi connectivity index (χ2n) is 14.6. The lowest BCUT2D eigenvalue weighted by molar-refractivity contribution is 0.660. The summed E-state index contributed by atoms with van der Waals surface area (Å²) in [5.41, 5.74) is 13.8. The standard InChI is InChI=1S/C51H42N2/c1-4-5-6-14-33-52-49-20-13-11-18-45(49)46-34-39(25-32-50(46)52)38-23-28-41(29-24-38)53(40-26-21-37(22-27-40)36-15-8-7-9-16-36)42-30-31-44-43-17-10-12-19-47(43)51(2,3)48(44)35-42/h4-24,26-35,39H,1,25H2,2-3H3/b6-5-,33-14-. The van der Waals surface area contributed by atoms with Gasteiger partial charge in [-0.25, -0.2) is 0 Å². The highest BCUT2D eigenvalue weighted by molar-refractivity contribution is 5.87. The zero-order valence-corrected chi connectivity index (χ0v) is 30.3. The molecule has 0 radical (unpaired) electrons. The van der Waals surface area contributed by atoms with Gasteiger partial charge in [-0.3, -0.25) is 0 Å². The number of fused-ring (bicyclic) bond motifs is 6. The molecule has 7 aromatic rings. The first-order valence-electron chi connectivity index (χ1n) is 18.6. The Balaban J connectivity index is 1.11. The van der Waals surface area contributed by atoms with Crippen molar-refractivity contribution < 1.29 is 0 Å². The van der Waals surface area contributed by atoms with E-state index in [9.17, 15) is 0 Å². The van der Waals surface area contributed by atoms with Crippen molar-refractivity contribution in [3.63, 3.8) is 0 Å². The third-order valence-corrected chi connectivity index (χ3v) is 11.2. The molecule has 0 bridgehead atoms. The van der Waals surface area contributed by atoms with Gasteiger partial charge in [0.15, 0.2) is 0 Å². The third-order valence-electron chi connectivity index (χ3n) is 11.2. The lowest BCUT2D eigenvalue weighted by Crippen LogP contribution is -2.30. The van der Waals surface area contributed by atoms with E-state index in [1.54, 1.807) is 6.08 Å². The summed E-state index contributed by atoms with van der Waals surface area (Å²) in [5, 5.41) is 3.85. The van der Waals surface area contributed by atoms with Gasteiger partial charge < -0.3 is 9.47 Å². The average Bonchev–Trinajstić information content (AvgIpc) is 3.65. The van der Waals surface area contributed by atoms with Crippen molar-refractivity contribution in [3.05, 3.63) is 204 Å². The molecular weight excluding hydrogens is 641 g/mol. The van der Waals surface area contributed by atoms with Gasteiger partial charge in [0.2, 0.25) is 0 Å². The molecule has 2 heteroatoms. The zero-order valence-electron chi connectivity index (χ0n) is 30.3. The van der Waals surface area contributed by atoms with Crippen molar-refractivity contribution in [2.75, 3.05) is 4.90 Å².